The second-order valence-electron chi connectivity index (χ2n) is 4.15. The van der Waals surface area contributed by atoms with Gasteiger partial charge in [-0.3, -0.25) is 0 Å². The lowest BCUT2D eigenvalue weighted by Gasteiger charge is -2.28. The van der Waals surface area contributed by atoms with Gasteiger partial charge in [0.05, 0.1) is 4.90 Å². The molecule has 1 aliphatic rings. The van der Waals surface area contributed by atoms with Crippen LogP contribution in [0.5, 0.6) is 0 Å². The van der Waals surface area contributed by atoms with E-state index in [1.54, 1.807) is 18.2 Å². The molecule has 1 heterocycles. The molecule has 0 radical (unpaired) electrons. The zero-order valence-corrected chi connectivity index (χ0v) is 14.2. The van der Waals surface area contributed by atoms with Gasteiger partial charge >= 0.3 is 0 Å². The van der Waals surface area contributed by atoms with Crippen molar-refractivity contribution < 1.29 is 8.42 Å². The van der Waals surface area contributed by atoms with Crippen LogP contribution in [0, 0.1) is 0 Å². The van der Waals surface area contributed by atoms with E-state index in [4.69, 9.17) is 11.6 Å². The minimum Gasteiger partial charge on any atom is -0.207 e. The molecular formula is C11H12Br2ClNO2S. The fraction of sp³-hybridized carbons (Fsp3) is 0.455. The first-order valence-corrected chi connectivity index (χ1v) is 8.97. The van der Waals surface area contributed by atoms with Gasteiger partial charge in [-0.1, -0.05) is 15.9 Å². The van der Waals surface area contributed by atoms with Crippen LogP contribution in [0.4, 0.5) is 0 Å². The monoisotopic (exact) mass is 415 g/mol. The Morgan fingerprint density at radius 3 is 2.44 bits per heavy atom. The average Bonchev–Trinajstić information content (AvgIpc) is 2.32. The number of rotatable bonds is 2. The van der Waals surface area contributed by atoms with Crippen LogP contribution in [-0.4, -0.2) is 31.2 Å². The normalized spacial score (nSPS) is 19.1. The maximum atomic E-state index is 12.5. The SMILES string of the molecule is O=S(=O)(c1cc(Br)ccc1Br)N1CCC(Cl)CC1. The Labute approximate surface area is 129 Å². The summed E-state index contributed by atoms with van der Waals surface area (Å²) in [5.41, 5.74) is 0. The minimum atomic E-state index is -3.44. The first-order chi connectivity index (χ1) is 8.41. The summed E-state index contributed by atoms with van der Waals surface area (Å²) in [5, 5.41) is 0.0856. The quantitative estimate of drug-likeness (QED) is 0.690. The minimum absolute atomic E-state index is 0.0856. The summed E-state index contributed by atoms with van der Waals surface area (Å²) in [4.78, 5) is 0.296. The molecule has 18 heavy (non-hydrogen) atoms. The van der Waals surface area contributed by atoms with E-state index in [2.05, 4.69) is 31.9 Å². The molecule has 0 unspecified atom stereocenters. The van der Waals surface area contributed by atoms with E-state index < -0.39 is 10.0 Å². The van der Waals surface area contributed by atoms with Gasteiger partial charge in [0.25, 0.3) is 0 Å². The van der Waals surface area contributed by atoms with Crippen molar-refractivity contribution >= 4 is 53.5 Å². The van der Waals surface area contributed by atoms with E-state index in [1.807, 2.05) is 0 Å². The number of halogens is 3. The summed E-state index contributed by atoms with van der Waals surface area (Å²) in [7, 11) is -3.44. The Morgan fingerprint density at radius 1 is 1.22 bits per heavy atom. The highest BCUT2D eigenvalue weighted by Gasteiger charge is 2.30. The third-order valence-corrected chi connectivity index (χ3v) is 6.72. The molecule has 0 spiro atoms. The molecule has 0 atom stereocenters. The van der Waals surface area contributed by atoms with Gasteiger partial charge in [-0.2, -0.15) is 4.31 Å². The second-order valence-corrected chi connectivity index (χ2v) is 8.45. The van der Waals surface area contributed by atoms with Crippen molar-refractivity contribution in [3.8, 4) is 0 Å². The van der Waals surface area contributed by atoms with E-state index >= 15 is 0 Å². The second kappa shape index (κ2) is 5.79. The van der Waals surface area contributed by atoms with Gasteiger partial charge in [-0.15, -0.1) is 11.6 Å². The number of nitrogens with zero attached hydrogens (tertiary/aromatic N) is 1. The third-order valence-electron chi connectivity index (χ3n) is 2.89. The highest BCUT2D eigenvalue weighted by atomic mass is 79.9. The van der Waals surface area contributed by atoms with Gasteiger partial charge in [-0.25, -0.2) is 8.42 Å². The van der Waals surface area contributed by atoms with E-state index in [-0.39, 0.29) is 5.38 Å². The van der Waals surface area contributed by atoms with Gasteiger partial charge in [0.15, 0.2) is 0 Å². The van der Waals surface area contributed by atoms with Crippen LogP contribution in [0.1, 0.15) is 12.8 Å². The lowest BCUT2D eigenvalue weighted by Crippen LogP contribution is -2.38. The number of sulfonamides is 1. The van der Waals surface area contributed by atoms with E-state index in [0.29, 0.717) is 35.3 Å². The van der Waals surface area contributed by atoms with Crippen LogP contribution < -0.4 is 0 Å². The van der Waals surface area contributed by atoms with Crippen molar-refractivity contribution in [2.45, 2.75) is 23.1 Å². The van der Waals surface area contributed by atoms with Crippen molar-refractivity contribution in [3.05, 3.63) is 27.1 Å². The Hall–Kier alpha value is 0.380. The molecule has 1 fully saturated rings. The Kier molecular flexibility index (Phi) is 4.75. The molecule has 1 aliphatic heterocycles. The largest absolute Gasteiger partial charge is 0.244 e. The molecule has 1 aromatic carbocycles. The highest BCUT2D eigenvalue weighted by molar-refractivity contribution is 9.11. The van der Waals surface area contributed by atoms with Crippen LogP contribution in [0.15, 0.2) is 32.0 Å². The molecule has 0 bridgehead atoms. The van der Waals surface area contributed by atoms with Crippen LogP contribution in [0.2, 0.25) is 0 Å². The zero-order chi connectivity index (χ0) is 13.3. The molecule has 2 rings (SSSR count). The van der Waals surface area contributed by atoms with Gasteiger partial charge in [0.2, 0.25) is 10.0 Å². The average molecular weight is 418 g/mol. The summed E-state index contributed by atoms with van der Waals surface area (Å²) in [5.74, 6) is 0. The molecule has 1 saturated heterocycles. The fourth-order valence-corrected chi connectivity index (χ4v) is 5.01. The standard InChI is InChI=1S/C11H12Br2ClNO2S/c12-8-1-2-10(13)11(7-8)18(16,17)15-5-3-9(14)4-6-15/h1-2,7,9H,3-6H2. The fourth-order valence-electron chi connectivity index (χ4n) is 1.88. The summed E-state index contributed by atoms with van der Waals surface area (Å²) < 4.78 is 27.8. The number of hydrogen-bond donors (Lipinski definition) is 0. The Balaban J connectivity index is 2.33. The Morgan fingerprint density at radius 2 is 1.83 bits per heavy atom. The summed E-state index contributed by atoms with van der Waals surface area (Å²) >= 11 is 12.6. The predicted octanol–water partition coefficient (Wildman–Crippen LogP) is 3.60. The molecule has 0 aromatic heterocycles. The maximum absolute atomic E-state index is 12.5. The summed E-state index contributed by atoms with van der Waals surface area (Å²) in [6.07, 6.45) is 1.40. The van der Waals surface area contributed by atoms with Crippen LogP contribution in [0.25, 0.3) is 0 Å². The molecule has 100 valence electrons. The van der Waals surface area contributed by atoms with Crippen LogP contribution >= 0.6 is 43.5 Å². The van der Waals surface area contributed by atoms with Gasteiger partial charge in [-0.05, 0) is 47.0 Å². The van der Waals surface area contributed by atoms with Crippen molar-refractivity contribution in [2.75, 3.05) is 13.1 Å². The smallest absolute Gasteiger partial charge is 0.207 e. The molecule has 1 aromatic rings. The number of benzene rings is 1. The molecule has 0 saturated carbocycles. The van der Waals surface area contributed by atoms with Crippen molar-refractivity contribution in [1.29, 1.82) is 0 Å². The first kappa shape index (κ1) is 14.8. The van der Waals surface area contributed by atoms with Crippen molar-refractivity contribution in [2.24, 2.45) is 0 Å². The Bertz CT molecular complexity index is 542. The van der Waals surface area contributed by atoms with E-state index in [1.165, 1.54) is 4.31 Å². The summed E-state index contributed by atoms with van der Waals surface area (Å²) in [6, 6.07) is 5.14. The number of alkyl halides is 1. The van der Waals surface area contributed by atoms with Crippen LogP contribution in [-0.2, 0) is 10.0 Å². The predicted molar refractivity (Wildman–Crippen MR) is 79.5 cm³/mol. The third kappa shape index (κ3) is 3.10. The first-order valence-electron chi connectivity index (χ1n) is 5.50. The van der Waals surface area contributed by atoms with E-state index in [9.17, 15) is 8.42 Å². The lowest BCUT2D eigenvalue weighted by molar-refractivity contribution is 0.350. The molecule has 0 aliphatic carbocycles. The van der Waals surface area contributed by atoms with Gasteiger partial charge < -0.3 is 0 Å². The topological polar surface area (TPSA) is 37.4 Å². The van der Waals surface area contributed by atoms with Gasteiger partial charge in [0.1, 0.15) is 0 Å². The van der Waals surface area contributed by atoms with Crippen molar-refractivity contribution in [3.63, 3.8) is 0 Å². The highest BCUT2D eigenvalue weighted by Crippen LogP contribution is 2.30. The van der Waals surface area contributed by atoms with Gasteiger partial charge in [0, 0.05) is 27.4 Å². The lowest BCUT2D eigenvalue weighted by atomic mass is 10.2. The van der Waals surface area contributed by atoms with E-state index in [0.717, 1.165) is 4.47 Å². The maximum Gasteiger partial charge on any atom is 0.244 e. The molecular weight excluding hydrogens is 405 g/mol. The molecule has 0 amide bonds. The number of piperidine rings is 1. The summed E-state index contributed by atoms with van der Waals surface area (Å²) in [6.45, 7) is 0.963. The van der Waals surface area contributed by atoms with Crippen molar-refractivity contribution in [1.82, 2.24) is 4.31 Å². The molecule has 0 N–H and O–H groups in total. The number of hydrogen-bond acceptors (Lipinski definition) is 2. The van der Waals surface area contributed by atoms with Crippen LogP contribution in [0.3, 0.4) is 0 Å². The molecule has 7 heteroatoms. The molecule has 3 nitrogen and oxygen atoms in total. The zero-order valence-electron chi connectivity index (χ0n) is 9.44.